The highest BCUT2D eigenvalue weighted by Gasteiger charge is 2.19. The summed E-state index contributed by atoms with van der Waals surface area (Å²) in [5.41, 5.74) is 1.08. The minimum Gasteiger partial charge on any atom is -0.338 e. The molecule has 0 bridgehead atoms. The monoisotopic (exact) mass is 289 g/mol. The van der Waals surface area contributed by atoms with Crippen molar-refractivity contribution in [1.82, 2.24) is 19.9 Å². The summed E-state index contributed by atoms with van der Waals surface area (Å²) >= 11 is 6.10. The van der Waals surface area contributed by atoms with Crippen molar-refractivity contribution in [2.45, 2.75) is 6.54 Å². The fourth-order valence-corrected chi connectivity index (χ4v) is 2.52. The summed E-state index contributed by atoms with van der Waals surface area (Å²) < 4.78 is 0. The minimum absolute atomic E-state index is 0.598. The fourth-order valence-electron chi connectivity index (χ4n) is 2.34. The highest BCUT2D eigenvalue weighted by atomic mass is 35.5. The first-order chi connectivity index (χ1) is 9.83. The van der Waals surface area contributed by atoms with Crippen LogP contribution in [0.2, 0.25) is 5.15 Å². The maximum Gasteiger partial charge on any atom is 0.225 e. The largest absolute Gasteiger partial charge is 0.338 e. The number of halogens is 1. The van der Waals surface area contributed by atoms with E-state index in [0.29, 0.717) is 5.15 Å². The number of rotatable bonds is 3. The molecule has 5 nitrogen and oxygen atoms in total. The van der Waals surface area contributed by atoms with Gasteiger partial charge in [0, 0.05) is 56.9 Å². The van der Waals surface area contributed by atoms with E-state index in [0.717, 1.165) is 44.2 Å². The van der Waals surface area contributed by atoms with Crippen molar-refractivity contribution in [1.29, 1.82) is 0 Å². The van der Waals surface area contributed by atoms with E-state index in [1.807, 2.05) is 18.2 Å². The molecule has 0 amide bonds. The average Bonchev–Trinajstić information content (AvgIpc) is 2.51. The molecule has 0 unspecified atom stereocenters. The Bertz CT molecular complexity index is 555. The van der Waals surface area contributed by atoms with Crippen LogP contribution in [0, 0.1) is 0 Å². The molecule has 0 N–H and O–H groups in total. The molecule has 6 heteroatoms. The summed E-state index contributed by atoms with van der Waals surface area (Å²) in [6.07, 6.45) is 5.28. The number of piperazine rings is 1. The zero-order valence-electron chi connectivity index (χ0n) is 11.1. The van der Waals surface area contributed by atoms with Crippen LogP contribution in [-0.2, 0) is 6.54 Å². The van der Waals surface area contributed by atoms with Gasteiger partial charge < -0.3 is 4.90 Å². The Morgan fingerprint density at radius 2 is 1.65 bits per heavy atom. The number of hydrogen-bond donors (Lipinski definition) is 0. The summed E-state index contributed by atoms with van der Waals surface area (Å²) in [5, 5.41) is 0.598. The summed E-state index contributed by atoms with van der Waals surface area (Å²) in [7, 11) is 0. The average molecular weight is 290 g/mol. The third kappa shape index (κ3) is 3.05. The van der Waals surface area contributed by atoms with Gasteiger partial charge in [0.2, 0.25) is 5.95 Å². The van der Waals surface area contributed by atoms with Gasteiger partial charge in [-0.25, -0.2) is 15.0 Å². The van der Waals surface area contributed by atoms with Crippen molar-refractivity contribution in [3.8, 4) is 0 Å². The third-order valence-electron chi connectivity index (χ3n) is 3.44. The van der Waals surface area contributed by atoms with E-state index in [1.54, 1.807) is 18.6 Å². The number of hydrogen-bond acceptors (Lipinski definition) is 5. The van der Waals surface area contributed by atoms with Crippen LogP contribution in [0.25, 0.3) is 0 Å². The van der Waals surface area contributed by atoms with Crippen molar-refractivity contribution in [2.24, 2.45) is 0 Å². The van der Waals surface area contributed by atoms with E-state index < -0.39 is 0 Å². The summed E-state index contributed by atoms with van der Waals surface area (Å²) in [4.78, 5) is 17.3. The molecule has 0 radical (unpaired) electrons. The van der Waals surface area contributed by atoms with Gasteiger partial charge >= 0.3 is 0 Å². The molecule has 2 aromatic heterocycles. The normalized spacial score (nSPS) is 16.4. The van der Waals surface area contributed by atoms with E-state index in [4.69, 9.17) is 11.6 Å². The number of pyridine rings is 1. The molecule has 2 aromatic rings. The van der Waals surface area contributed by atoms with Gasteiger partial charge in [0.15, 0.2) is 0 Å². The standard InChI is InChI=1S/C14H16ClN5/c15-13-12(3-1-4-16-13)11-19-7-9-20(10-8-19)14-17-5-2-6-18-14/h1-6H,7-11H2. The quantitative estimate of drug-likeness (QED) is 0.807. The second kappa shape index (κ2) is 6.15. The van der Waals surface area contributed by atoms with Crippen LogP contribution in [0.15, 0.2) is 36.8 Å². The number of nitrogens with zero attached hydrogens (tertiary/aromatic N) is 5. The molecule has 0 atom stereocenters. The highest BCUT2D eigenvalue weighted by molar-refractivity contribution is 6.30. The molecule has 1 fully saturated rings. The maximum absolute atomic E-state index is 6.10. The number of anilines is 1. The summed E-state index contributed by atoms with van der Waals surface area (Å²) in [6, 6.07) is 5.79. The molecule has 0 aromatic carbocycles. The third-order valence-corrected chi connectivity index (χ3v) is 3.78. The van der Waals surface area contributed by atoms with E-state index in [9.17, 15) is 0 Å². The van der Waals surface area contributed by atoms with Crippen molar-refractivity contribution in [2.75, 3.05) is 31.1 Å². The van der Waals surface area contributed by atoms with Crippen LogP contribution in [-0.4, -0.2) is 46.0 Å². The first-order valence-electron chi connectivity index (χ1n) is 6.66. The van der Waals surface area contributed by atoms with Crippen LogP contribution in [0.4, 0.5) is 5.95 Å². The van der Waals surface area contributed by atoms with Crippen LogP contribution in [0.3, 0.4) is 0 Å². The molecule has 0 aliphatic carbocycles. The van der Waals surface area contributed by atoms with E-state index in [-0.39, 0.29) is 0 Å². The lowest BCUT2D eigenvalue weighted by Crippen LogP contribution is -2.46. The Kier molecular flexibility index (Phi) is 4.08. The Hall–Kier alpha value is -1.72. The van der Waals surface area contributed by atoms with Crippen LogP contribution in [0.1, 0.15) is 5.56 Å². The molecule has 0 saturated carbocycles. The Balaban J connectivity index is 1.58. The second-order valence-corrected chi connectivity index (χ2v) is 5.12. The zero-order chi connectivity index (χ0) is 13.8. The van der Waals surface area contributed by atoms with Gasteiger partial charge in [0.1, 0.15) is 5.15 Å². The Labute approximate surface area is 123 Å². The lowest BCUT2D eigenvalue weighted by Gasteiger charge is -2.34. The lowest BCUT2D eigenvalue weighted by molar-refractivity contribution is 0.248. The molecule has 1 aliphatic heterocycles. The molecule has 3 rings (SSSR count). The first kappa shape index (κ1) is 13.3. The SMILES string of the molecule is Clc1ncccc1CN1CCN(c2ncccn2)CC1. The predicted octanol–water partition coefficient (Wildman–Crippen LogP) is 1.85. The molecule has 1 saturated heterocycles. The van der Waals surface area contributed by atoms with Crippen molar-refractivity contribution < 1.29 is 0 Å². The zero-order valence-corrected chi connectivity index (χ0v) is 11.9. The maximum atomic E-state index is 6.10. The molecule has 104 valence electrons. The summed E-state index contributed by atoms with van der Waals surface area (Å²) in [6.45, 7) is 4.66. The number of aromatic nitrogens is 3. The molecular formula is C14H16ClN5. The van der Waals surface area contributed by atoms with Gasteiger partial charge in [-0.1, -0.05) is 17.7 Å². The van der Waals surface area contributed by atoms with E-state index >= 15 is 0 Å². The highest BCUT2D eigenvalue weighted by Crippen LogP contribution is 2.16. The van der Waals surface area contributed by atoms with Crippen LogP contribution in [0.5, 0.6) is 0 Å². The van der Waals surface area contributed by atoms with Gasteiger partial charge in [0.05, 0.1) is 0 Å². The van der Waals surface area contributed by atoms with Crippen molar-refractivity contribution >= 4 is 17.5 Å². The van der Waals surface area contributed by atoms with E-state index in [2.05, 4.69) is 24.8 Å². The first-order valence-corrected chi connectivity index (χ1v) is 7.04. The Morgan fingerprint density at radius 1 is 0.950 bits per heavy atom. The van der Waals surface area contributed by atoms with Gasteiger partial charge in [-0.15, -0.1) is 0 Å². The van der Waals surface area contributed by atoms with E-state index in [1.165, 1.54) is 0 Å². The molecule has 3 heterocycles. The second-order valence-electron chi connectivity index (χ2n) is 4.77. The molecule has 1 aliphatic rings. The smallest absolute Gasteiger partial charge is 0.225 e. The van der Waals surface area contributed by atoms with Gasteiger partial charge in [-0.3, -0.25) is 4.90 Å². The lowest BCUT2D eigenvalue weighted by atomic mass is 10.2. The van der Waals surface area contributed by atoms with Gasteiger partial charge in [-0.05, 0) is 12.1 Å². The van der Waals surface area contributed by atoms with Gasteiger partial charge in [0.25, 0.3) is 0 Å². The Morgan fingerprint density at radius 3 is 2.35 bits per heavy atom. The molecule has 0 spiro atoms. The van der Waals surface area contributed by atoms with Crippen molar-refractivity contribution in [3.63, 3.8) is 0 Å². The molecule has 20 heavy (non-hydrogen) atoms. The van der Waals surface area contributed by atoms with Crippen molar-refractivity contribution in [3.05, 3.63) is 47.5 Å². The fraction of sp³-hybridized carbons (Fsp3) is 0.357. The van der Waals surface area contributed by atoms with Gasteiger partial charge in [-0.2, -0.15) is 0 Å². The molecular weight excluding hydrogens is 274 g/mol. The summed E-state index contributed by atoms with van der Waals surface area (Å²) in [5.74, 6) is 0.812. The van der Waals surface area contributed by atoms with Crippen LogP contribution >= 0.6 is 11.6 Å². The minimum atomic E-state index is 0.598. The predicted molar refractivity (Wildman–Crippen MR) is 78.8 cm³/mol. The van der Waals surface area contributed by atoms with Crippen LogP contribution < -0.4 is 4.90 Å². The topological polar surface area (TPSA) is 45.2 Å².